The molecule has 4 nitrogen and oxygen atoms in total. The maximum atomic E-state index is 12.6. The van der Waals surface area contributed by atoms with Crippen molar-refractivity contribution in [2.75, 3.05) is 18.8 Å². The summed E-state index contributed by atoms with van der Waals surface area (Å²) in [6, 6.07) is 4.95. The van der Waals surface area contributed by atoms with Crippen LogP contribution in [0, 0.1) is 5.92 Å². The molecule has 1 saturated heterocycles. The molecule has 6 heteroatoms. The normalized spacial score (nSPS) is 18.6. The lowest BCUT2D eigenvalue weighted by Crippen LogP contribution is -2.38. The molecule has 1 aromatic rings. The number of nitrogen functional groups attached to an aromatic ring is 1. The smallest absolute Gasteiger partial charge is 0.245 e. The Morgan fingerprint density at radius 3 is 2.58 bits per heavy atom. The van der Waals surface area contributed by atoms with E-state index in [0.29, 0.717) is 24.7 Å². The van der Waals surface area contributed by atoms with Crippen LogP contribution >= 0.6 is 15.9 Å². The van der Waals surface area contributed by atoms with Crippen LogP contribution in [-0.4, -0.2) is 25.8 Å². The quantitative estimate of drug-likeness (QED) is 0.856. The van der Waals surface area contributed by atoms with Gasteiger partial charge in [-0.1, -0.05) is 29.3 Å². The van der Waals surface area contributed by atoms with Crippen LogP contribution in [0.2, 0.25) is 0 Å². The van der Waals surface area contributed by atoms with Crippen LogP contribution in [0.25, 0.3) is 0 Å². The van der Waals surface area contributed by atoms with Crippen LogP contribution in [0.1, 0.15) is 26.2 Å². The maximum Gasteiger partial charge on any atom is 0.245 e. The predicted molar refractivity (Wildman–Crippen MR) is 80.3 cm³/mol. The van der Waals surface area contributed by atoms with Crippen LogP contribution in [0.5, 0.6) is 0 Å². The Kier molecular flexibility index (Phi) is 4.53. The number of piperidine rings is 1. The minimum atomic E-state index is -3.47. The van der Waals surface area contributed by atoms with E-state index in [4.69, 9.17) is 5.73 Å². The SMILES string of the molecule is CCC1CCN(S(=O)(=O)c2cc(Br)ccc2N)CC1. The molecule has 1 fully saturated rings. The van der Waals surface area contributed by atoms with E-state index in [9.17, 15) is 8.42 Å². The second-order valence-corrected chi connectivity index (χ2v) is 7.76. The first-order valence-corrected chi connectivity index (χ1v) is 8.73. The highest BCUT2D eigenvalue weighted by atomic mass is 79.9. The van der Waals surface area contributed by atoms with Crippen LogP contribution < -0.4 is 5.73 Å². The number of rotatable bonds is 3. The van der Waals surface area contributed by atoms with Gasteiger partial charge < -0.3 is 5.73 Å². The van der Waals surface area contributed by atoms with Crippen molar-refractivity contribution in [3.63, 3.8) is 0 Å². The molecule has 0 atom stereocenters. The van der Waals surface area contributed by atoms with Crippen molar-refractivity contribution in [3.8, 4) is 0 Å². The van der Waals surface area contributed by atoms with Gasteiger partial charge in [-0.2, -0.15) is 4.31 Å². The molecule has 1 aliphatic rings. The van der Waals surface area contributed by atoms with Crippen molar-refractivity contribution in [1.29, 1.82) is 0 Å². The molecule has 1 heterocycles. The minimum absolute atomic E-state index is 0.205. The zero-order valence-corrected chi connectivity index (χ0v) is 13.4. The number of anilines is 1. The number of hydrogen-bond donors (Lipinski definition) is 1. The molecule has 0 spiro atoms. The Balaban J connectivity index is 2.26. The fourth-order valence-electron chi connectivity index (χ4n) is 2.43. The summed E-state index contributed by atoms with van der Waals surface area (Å²) in [6.07, 6.45) is 2.99. The van der Waals surface area contributed by atoms with Crippen LogP contribution in [0.3, 0.4) is 0 Å². The van der Waals surface area contributed by atoms with Crippen LogP contribution in [0.4, 0.5) is 5.69 Å². The second kappa shape index (κ2) is 5.81. The Morgan fingerprint density at radius 2 is 2.00 bits per heavy atom. The number of nitrogens with zero attached hydrogens (tertiary/aromatic N) is 1. The number of sulfonamides is 1. The van der Waals surface area contributed by atoms with Crippen LogP contribution in [0.15, 0.2) is 27.6 Å². The lowest BCUT2D eigenvalue weighted by Gasteiger charge is -2.31. The second-order valence-electron chi connectivity index (χ2n) is 4.94. The van der Waals surface area contributed by atoms with Crippen molar-refractivity contribution in [2.45, 2.75) is 31.1 Å². The van der Waals surface area contributed by atoms with Crippen molar-refractivity contribution in [1.82, 2.24) is 4.31 Å². The topological polar surface area (TPSA) is 63.4 Å². The molecule has 1 aliphatic heterocycles. The first-order chi connectivity index (χ1) is 8.95. The van der Waals surface area contributed by atoms with E-state index in [1.807, 2.05) is 0 Å². The third-order valence-corrected chi connectivity index (χ3v) is 6.19. The van der Waals surface area contributed by atoms with Crippen molar-refractivity contribution in [2.24, 2.45) is 5.92 Å². The molecule has 0 bridgehead atoms. The van der Waals surface area contributed by atoms with Gasteiger partial charge in [0.05, 0.1) is 5.69 Å². The van der Waals surface area contributed by atoms with Crippen LogP contribution in [-0.2, 0) is 10.0 Å². The molecule has 1 aromatic carbocycles. The molecule has 0 saturated carbocycles. The average Bonchev–Trinajstić information content (AvgIpc) is 2.41. The molecule has 0 radical (unpaired) electrons. The fourth-order valence-corrected chi connectivity index (χ4v) is 4.55. The molecule has 106 valence electrons. The lowest BCUT2D eigenvalue weighted by molar-refractivity contribution is 0.269. The number of benzene rings is 1. The summed E-state index contributed by atoms with van der Waals surface area (Å²) in [5, 5.41) is 0. The summed E-state index contributed by atoms with van der Waals surface area (Å²) < 4.78 is 27.4. The summed E-state index contributed by atoms with van der Waals surface area (Å²) in [6.45, 7) is 3.33. The highest BCUT2D eigenvalue weighted by Gasteiger charge is 2.30. The van der Waals surface area contributed by atoms with Gasteiger partial charge in [-0.25, -0.2) is 8.42 Å². The predicted octanol–water partition coefficient (Wildman–Crippen LogP) is 2.84. The molecular formula is C13H19BrN2O2S. The van der Waals surface area contributed by atoms with Gasteiger partial charge in [0.25, 0.3) is 0 Å². The van der Waals surface area contributed by atoms with E-state index in [1.54, 1.807) is 22.5 Å². The van der Waals surface area contributed by atoms with Gasteiger partial charge in [-0.05, 0) is 37.0 Å². The van der Waals surface area contributed by atoms with Gasteiger partial charge in [0.2, 0.25) is 10.0 Å². The lowest BCUT2D eigenvalue weighted by atomic mass is 9.96. The van der Waals surface area contributed by atoms with Gasteiger partial charge in [0.15, 0.2) is 0 Å². The Morgan fingerprint density at radius 1 is 1.37 bits per heavy atom. The highest BCUT2D eigenvalue weighted by molar-refractivity contribution is 9.10. The molecule has 2 N–H and O–H groups in total. The van der Waals surface area contributed by atoms with Crippen molar-refractivity contribution in [3.05, 3.63) is 22.7 Å². The fraction of sp³-hybridized carbons (Fsp3) is 0.538. The molecule has 0 aromatic heterocycles. The molecule has 2 rings (SSSR count). The molecule has 0 aliphatic carbocycles. The summed E-state index contributed by atoms with van der Waals surface area (Å²) >= 11 is 3.30. The first kappa shape index (κ1) is 14.8. The van der Waals surface area contributed by atoms with E-state index in [1.165, 1.54) is 0 Å². The summed E-state index contributed by atoms with van der Waals surface area (Å²) in [4.78, 5) is 0.205. The van der Waals surface area contributed by atoms with E-state index in [2.05, 4.69) is 22.9 Å². The zero-order chi connectivity index (χ0) is 14.0. The largest absolute Gasteiger partial charge is 0.398 e. The van der Waals surface area contributed by atoms with Crippen molar-refractivity contribution < 1.29 is 8.42 Å². The molecular weight excluding hydrogens is 328 g/mol. The van der Waals surface area contributed by atoms with E-state index < -0.39 is 10.0 Å². The molecule has 0 amide bonds. The zero-order valence-electron chi connectivity index (χ0n) is 11.0. The molecule has 19 heavy (non-hydrogen) atoms. The number of halogens is 1. The molecule has 0 unspecified atom stereocenters. The highest BCUT2D eigenvalue weighted by Crippen LogP contribution is 2.29. The minimum Gasteiger partial charge on any atom is -0.398 e. The van der Waals surface area contributed by atoms with Gasteiger partial charge in [0.1, 0.15) is 4.90 Å². The van der Waals surface area contributed by atoms with E-state index in [0.717, 1.165) is 23.7 Å². The Hall–Kier alpha value is -0.590. The maximum absolute atomic E-state index is 12.6. The first-order valence-electron chi connectivity index (χ1n) is 6.50. The number of nitrogens with two attached hydrogens (primary N) is 1. The van der Waals surface area contributed by atoms with E-state index >= 15 is 0 Å². The van der Waals surface area contributed by atoms with Gasteiger partial charge in [0, 0.05) is 17.6 Å². The van der Waals surface area contributed by atoms with E-state index in [-0.39, 0.29) is 4.90 Å². The third-order valence-electron chi connectivity index (χ3n) is 3.74. The Labute approximate surface area is 123 Å². The van der Waals surface area contributed by atoms with Gasteiger partial charge >= 0.3 is 0 Å². The van der Waals surface area contributed by atoms with Crippen molar-refractivity contribution >= 4 is 31.6 Å². The third kappa shape index (κ3) is 3.12. The average molecular weight is 347 g/mol. The summed E-state index contributed by atoms with van der Waals surface area (Å²) in [5.74, 6) is 0.645. The monoisotopic (exact) mass is 346 g/mol. The van der Waals surface area contributed by atoms with Gasteiger partial charge in [-0.15, -0.1) is 0 Å². The standard InChI is InChI=1S/C13H19BrN2O2S/c1-2-10-5-7-16(8-6-10)19(17,18)13-9-11(14)3-4-12(13)15/h3-4,9-10H,2,5-8,15H2,1H3. The van der Waals surface area contributed by atoms with Gasteiger partial charge in [-0.3, -0.25) is 0 Å². The Bertz CT molecular complexity index is 552. The summed E-state index contributed by atoms with van der Waals surface area (Å²) in [5.41, 5.74) is 6.12. The summed E-state index contributed by atoms with van der Waals surface area (Å²) in [7, 11) is -3.47. The number of hydrogen-bond acceptors (Lipinski definition) is 3.